The lowest BCUT2D eigenvalue weighted by molar-refractivity contribution is 0.189. The number of anilines is 1. The van der Waals surface area contributed by atoms with E-state index in [0.717, 1.165) is 0 Å². The van der Waals surface area contributed by atoms with Gasteiger partial charge in [-0.1, -0.05) is 0 Å². The molecule has 8 nitrogen and oxygen atoms in total. The molecule has 0 aromatic carbocycles. The van der Waals surface area contributed by atoms with Crippen LogP contribution < -0.4 is 20.7 Å². The van der Waals surface area contributed by atoms with Gasteiger partial charge in [0.1, 0.15) is 6.61 Å². The fourth-order valence-corrected chi connectivity index (χ4v) is 0.695. The van der Waals surface area contributed by atoms with Crippen LogP contribution in [0.15, 0.2) is 0 Å². The van der Waals surface area contributed by atoms with Gasteiger partial charge in [-0.25, -0.2) is 5.84 Å². The van der Waals surface area contributed by atoms with Crippen molar-refractivity contribution in [1.29, 1.82) is 0 Å². The van der Waals surface area contributed by atoms with Crippen LogP contribution in [0.2, 0.25) is 0 Å². The number of aromatic nitrogens is 3. The topological polar surface area (TPSA) is 115 Å². The zero-order chi connectivity index (χ0) is 10.4. The molecule has 1 heterocycles. The smallest absolute Gasteiger partial charge is 0.324 e. The first-order valence-electron chi connectivity index (χ1n) is 3.80. The number of nitrogens with two attached hydrogens (primary N) is 1. The van der Waals surface area contributed by atoms with Crippen LogP contribution in [0.1, 0.15) is 0 Å². The molecule has 0 saturated carbocycles. The quantitative estimate of drug-likeness (QED) is 0.391. The summed E-state index contributed by atoms with van der Waals surface area (Å²) in [6.45, 7) is -0.0312. The summed E-state index contributed by atoms with van der Waals surface area (Å²) < 4.78 is 9.73. The molecule has 0 aliphatic heterocycles. The standard InChI is InChI=1S/C6H11N5O3/c1-13-5-8-4(11-7)9-6(10-5)14-3-2-12/h12H,2-3,7H2,1H3,(H,8,9,10,11). The molecule has 0 aliphatic rings. The van der Waals surface area contributed by atoms with Crippen molar-refractivity contribution in [2.45, 2.75) is 0 Å². The van der Waals surface area contributed by atoms with Crippen molar-refractivity contribution in [3.63, 3.8) is 0 Å². The van der Waals surface area contributed by atoms with Gasteiger partial charge in [-0.15, -0.1) is 4.98 Å². The molecule has 0 saturated heterocycles. The number of nitrogen functional groups attached to an aromatic ring is 1. The van der Waals surface area contributed by atoms with E-state index >= 15 is 0 Å². The number of hydrogen-bond donors (Lipinski definition) is 3. The highest BCUT2D eigenvalue weighted by atomic mass is 16.5. The lowest BCUT2D eigenvalue weighted by Crippen LogP contribution is -2.13. The first-order chi connectivity index (χ1) is 6.80. The lowest BCUT2D eigenvalue weighted by Gasteiger charge is -2.05. The summed E-state index contributed by atoms with van der Waals surface area (Å²) in [7, 11) is 1.41. The van der Waals surface area contributed by atoms with Crippen molar-refractivity contribution in [2.75, 3.05) is 25.7 Å². The maximum atomic E-state index is 8.51. The van der Waals surface area contributed by atoms with Gasteiger partial charge in [0.25, 0.3) is 0 Å². The summed E-state index contributed by atoms with van der Waals surface area (Å²) in [4.78, 5) is 11.3. The largest absolute Gasteiger partial charge is 0.467 e. The van der Waals surface area contributed by atoms with Crippen LogP contribution in [-0.2, 0) is 0 Å². The van der Waals surface area contributed by atoms with Gasteiger partial charge in [-0.2, -0.15) is 9.97 Å². The molecular weight excluding hydrogens is 190 g/mol. The molecule has 1 rings (SSSR count). The fraction of sp³-hybridized carbons (Fsp3) is 0.500. The number of aliphatic hydroxyl groups is 1. The van der Waals surface area contributed by atoms with Crippen molar-refractivity contribution < 1.29 is 14.6 Å². The molecule has 4 N–H and O–H groups in total. The first-order valence-corrected chi connectivity index (χ1v) is 3.80. The molecule has 0 amide bonds. The van der Waals surface area contributed by atoms with E-state index in [9.17, 15) is 0 Å². The summed E-state index contributed by atoms with van der Waals surface area (Å²) in [5.41, 5.74) is 2.23. The molecule has 0 unspecified atom stereocenters. The lowest BCUT2D eigenvalue weighted by atomic mass is 10.8. The van der Waals surface area contributed by atoms with Crippen LogP contribution in [0, 0.1) is 0 Å². The number of aliphatic hydroxyl groups excluding tert-OH is 1. The highest BCUT2D eigenvalue weighted by molar-refractivity contribution is 5.25. The molecule has 0 atom stereocenters. The molecule has 0 bridgehead atoms. The Morgan fingerprint density at radius 2 is 2.07 bits per heavy atom. The van der Waals surface area contributed by atoms with Crippen molar-refractivity contribution in [3.05, 3.63) is 0 Å². The molecule has 8 heteroatoms. The Labute approximate surface area is 80.1 Å². The monoisotopic (exact) mass is 201 g/mol. The van der Waals surface area contributed by atoms with Crippen molar-refractivity contribution in [3.8, 4) is 12.0 Å². The van der Waals surface area contributed by atoms with Gasteiger partial charge in [-0.3, -0.25) is 5.43 Å². The van der Waals surface area contributed by atoms with Gasteiger partial charge in [0.05, 0.1) is 13.7 Å². The number of hydrazine groups is 1. The van der Waals surface area contributed by atoms with Crippen LogP contribution in [0.3, 0.4) is 0 Å². The maximum Gasteiger partial charge on any atom is 0.324 e. The van der Waals surface area contributed by atoms with Gasteiger partial charge >= 0.3 is 12.0 Å². The van der Waals surface area contributed by atoms with Crippen LogP contribution in [0.5, 0.6) is 12.0 Å². The third-order valence-electron chi connectivity index (χ3n) is 1.23. The maximum absolute atomic E-state index is 8.51. The molecule has 14 heavy (non-hydrogen) atoms. The molecule has 1 aromatic rings. The number of methoxy groups -OCH3 is 1. The molecule has 0 radical (unpaired) electrons. The summed E-state index contributed by atoms with van der Waals surface area (Å²) in [6.07, 6.45) is 0. The number of hydrogen-bond acceptors (Lipinski definition) is 8. The average molecular weight is 201 g/mol. The zero-order valence-electron chi connectivity index (χ0n) is 7.60. The van der Waals surface area contributed by atoms with Gasteiger partial charge < -0.3 is 14.6 Å². The Bertz CT molecular complexity index is 273. The molecule has 0 spiro atoms. The van der Waals surface area contributed by atoms with Gasteiger partial charge in [-0.05, 0) is 0 Å². The van der Waals surface area contributed by atoms with E-state index in [1.807, 2.05) is 0 Å². The Kier molecular flexibility index (Phi) is 3.83. The molecule has 1 aromatic heterocycles. The number of ether oxygens (including phenoxy) is 2. The van der Waals surface area contributed by atoms with Crippen molar-refractivity contribution in [2.24, 2.45) is 5.84 Å². The highest BCUT2D eigenvalue weighted by Crippen LogP contribution is 2.11. The van der Waals surface area contributed by atoms with Gasteiger partial charge in [0.15, 0.2) is 0 Å². The molecule has 0 aliphatic carbocycles. The summed E-state index contributed by atoms with van der Waals surface area (Å²) in [6, 6.07) is 0.125. The third kappa shape index (κ3) is 2.68. The molecular formula is C6H11N5O3. The Hall–Kier alpha value is -1.67. The Morgan fingerprint density at radius 1 is 1.36 bits per heavy atom. The van der Waals surface area contributed by atoms with E-state index in [1.54, 1.807) is 0 Å². The second kappa shape index (κ2) is 5.14. The fourth-order valence-electron chi connectivity index (χ4n) is 0.695. The van der Waals surface area contributed by atoms with Crippen molar-refractivity contribution >= 4 is 5.95 Å². The second-order valence-electron chi connectivity index (χ2n) is 2.14. The van der Waals surface area contributed by atoms with Crippen LogP contribution in [-0.4, -0.2) is 40.4 Å². The van der Waals surface area contributed by atoms with E-state index in [4.69, 9.17) is 20.4 Å². The van der Waals surface area contributed by atoms with E-state index in [1.165, 1.54) is 7.11 Å². The predicted molar refractivity (Wildman–Crippen MR) is 46.8 cm³/mol. The highest BCUT2D eigenvalue weighted by Gasteiger charge is 2.06. The molecule has 0 fully saturated rings. The van der Waals surface area contributed by atoms with Gasteiger partial charge in [0, 0.05) is 0 Å². The SMILES string of the molecule is COc1nc(NN)nc(OCCO)n1. The normalized spacial score (nSPS) is 9.64. The van der Waals surface area contributed by atoms with Gasteiger partial charge in [0.2, 0.25) is 5.95 Å². The summed E-state index contributed by atoms with van der Waals surface area (Å²) in [5.74, 6) is 5.24. The third-order valence-corrected chi connectivity index (χ3v) is 1.23. The second-order valence-corrected chi connectivity index (χ2v) is 2.14. The first kappa shape index (κ1) is 10.4. The molecule has 78 valence electrons. The Balaban J connectivity index is 2.81. The van der Waals surface area contributed by atoms with E-state index < -0.39 is 0 Å². The zero-order valence-corrected chi connectivity index (χ0v) is 7.60. The summed E-state index contributed by atoms with van der Waals surface area (Å²) >= 11 is 0. The average Bonchev–Trinajstić information content (AvgIpc) is 2.25. The minimum Gasteiger partial charge on any atom is -0.467 e. The number of rotatable bonds is 5. The van der Waals surface area contributed by atoms with E-state index in [0.29, 0.717) is 0 Å². The number of nitrogens with one attached hydrogen (secondary N) is 1. The Morgan fingerprint density at radius 3 is 2.64 bits per heavy atom. The summed E-state index contributed by atoms with van der Waals surface area (Å²) in [5, 5.41) is 8.51. The predicted octanol–water partition coefficient (Wildman–Crippen LogP) is -1.46. The minimum absolute atomic E-state index is 0.0406. The van der Waals surface area contributed by atoms with Crippen molar-refractivity contribution in [1.82, 2.24) is 15.0 Å². The van der Waals surface area contributed by atoms with Crippen LogP contribution >= 0.6 is 0 Å². The number of nitrogens with zero attached hydrogens (tertiary/aromatic N) is 3. The van der Waals surface area contributed by atoms with Crippen LogP contribution in [0.4, 0.5) is 5.95 Å². The van der Waals surface area contributed by atoms with E-state index in [2.05, 4.69) is 20.4 Å². The van der Waals surface area contributed by atoms with Crippen LogP contribution in [0.25, 0.3) is 0 Å². The van der Waals surface area contributed by atoms with E-state index in [-0.39, 0.29) is 31.2 Å². The minimum atomic E-state index is -0.126.